The van der Waals surface area contributed by atoms with Crippen LogP contribution in [0.2, 0.25) is 0 Å². The first kappa shape index (κ1) is 18.8. The molecule has 1 aliphatic carbocycles. The third kappa shape index (κ3) is 3.90. The second kappa shape index (κ2) is 7.31. The van der Waals surface area contributed by atoms with E-state index >= 15 is 0 Å². The van der Waals surface area contributed by atoms with Crippen molar-refractivity contribution in [3.63, 3.8) is 0 Å². The van der Waals surface area contributed by atoms with E-state index in [1.54, 1.807) is 30.3 Å². The monoisotopic (exact) mass is 373 g/mol. The van der Waals surface area contributed by atoms with Crippen molar-refractivity contribution >= 4 is 5.69 Å². The largest absolute Gasteiger partial charge is 0.407 e. The fourth-order valence-corrected chi connectivity index (χ4v) is 3.22. The van der Waals surface area contributed by atoms with Crippen LogP contribution in [0.25, 0.3) is 16.1 Å². The van der Waals surface area contributed by atoms with Gasteiger partial charge in [-0.25, -0.2) is 9.52 Å². The van der Waals surface area contributed by atoms with Crippen molar-refractivity contribution in [3.8, 4) is 11.3 Å². The summed E-state index contributed by atoms with van der Waals surface area (Å²) >= 11 is 0. The number of nitrogens with one attached hydrogen (secondary N) is 1. The molecule has 0 unspecified atom stereocenters. The Kier molecular flexibility index (Phi) is 5.08. The summed E-state index contributed by atoms with van der Waals surface area (Å²) in [4.78, 5) is 15.7. The van der Waals surface area contributed by atoms with Crippen LogP contribution in [0.1, 0.15) is 31.7 Å². The minimum Gasteiger partial charge on any atom is -0.297 e. The summed E-state index contributed by atoms with van der Waals surface area (Å²) in [7, 11) is 0. The van der Waals surface area contributed by atoms with E-state index in [9.17, 15) is 18.0 Å². The number of benzene rings is 1. The molecule has 1 N–H and O–H groups in total. The molecule has 0 spiro atoms. The predicted molar refractivity (Wildman–Crippen MR) is 97.9 cm³/mol. The van der Waals surface area contributed by atoms with E-state index in [4.69, 9.17) is 6.57 Å². The number of halogens is 3. The van der Waals surface area contributed by atoms with E-state index in [2.05, 4.69) is 10.3 Å². The van der Waals surface area contributed by atoms with Gasteiger partial charge in [0.1, 0.15) is 0 Å². The molecule has 1 aromatic heterocycles. The summed E-state index contributed by atoms with van der Waals surface area (Å²) in [5.41, 5.74) is 1.09. The minimum atomic E-state index is -4.79. The van der Waals surface area contributed by atoms with Crippen LogP contribution in [-0.4, -0.2) is 4.68 Å². The van der Waals surface area contributed by atoms with Crippen molar-refractivity contribution in [2.24, 2.45) is 5.92 Å². The molecule has 3 rings (SSSR count). The highest BCUT2D eigenvalue weighted by Gasteiger charge is 2.36. The van der Waals surface area contributed by atoms with Crippen LogP contribution in [-0.2, 0) is 6.18 Å². The minimum absolute atomic E-state index is 0.0689. The number of nitrogens with zero attached hydrogens (tertiary/aromatic N) is 2. The lowest BCUT2D eigenvalue weighted by atomic mass is 9.96. The lowest BCUT2D eigenvalue weighted by molar-refractivity contribution is -0.136. The molecular weight excluding hydrogens is 355 g/mol. The Morgan fingerprint density at radius 3 is 2.56 bits per heavy atom. The summed E-state index contributed by atoms with van der Waals surface area (Å²) in [6.07, 6.45) is -0.183. The molecule has 2 aromatic rings. The zero-order chi connectivity index (χ0) is 19.6. The molecule has 0 radical (unpaired) electrons. The van der Waals surface area contributed by atoms with Crippen molar-refractivity contribution in [1.82, 2.24) is 4.68 Å². The van der Waals surface area contributed by atoms with Gasteiger partial charge in [0.25, 0.3) is 11.2 Å². The number of rotatable bonds is 3. The molecule has 0 saturated heterocycles. The molecule has 7 heteroatoms. The Morgan fingerprint density at radius 2 is 1.96 bits per heavy atom. The first-order chi connectivity index (χ1) is 12.8. The van der Waals surface area contributed by atoms with Gasteiger partial charge < -0.3 is 0 Å². The average Bonchev–Trinajstić information content (AvgIpc) is 2.63. The summed E-state index contributed by atoms with van der Waals surface area (Å²) in [5, 5.41) is 0. The van der Waals surface area contributed by atoms with Gasteiger partial charge in [-0.3, -0.25) is 10.2 Å². The topological polar surface area (TPSA) is 38.4 Å². The van der Waals surface area contributed by atoms with Crippen LogP contribution in [0, 0.1) is 12.5 Å². The van der Waals surface area contributed by atoms with Gasteiger partial charge in [0, 0.05) is 11.3 Å². The number of alkyl halides is 3. The van der Waals surface area contributed by atoms with Crippen molar-refractivity contribution in [3.05, 3.63) is 75.5 Å². The molecule has 140 valence electrons. The first-order valence-electron chi connectivity index (χ1n) is 8.59. The molecule has 1 aliphatic rings. The van der Waals surface area contributed by atoms with E-state index in [0.29, 0.717) is 17.9 Å². The number of hydrogen-bond donors (Lipinski definition) is 1. The number of aromatic nitrogens is 1. The molecule has 0 saturated carbocycles. The Bertz CT molecular complexity index is 969. The molecule has 1 aromatic carbocycles. The maximum absolute atomic E-state index is 13.4. The van der Waals surface area contributed by atoms with Crippen LogP contribution in [0.4, 0.5) is 18.9 Å². The van der Waals surface area contributed by atoms with Gasteiger partial charge in [-0.2, -0.15) is 13.2 Å². The maximum atomic E-state index is 13.4. The van der Waals surface area contributed by atoms with Crippen molar-refractivity contribution in [2.45, 2.75) is 32.4 Å². The molecule has 0 fully saturated rings. The normalized spacial score (nSPS) is 17.1. The fourth-order valence-electron chi connectivity index (χ4n) is 3.22. The Labute approximate surface area is 154 Å². The summed E-state index contributed by atoms with van der Waals surface area (Å²) in [5.74, 6) is 0.312. The highest BCUT2D eigenvalue weighted by molar-refractivity contribution is 5.66. The van der Waals surface area contributed by atoms with Crippen molar-refractivity contribution in [1.29, 1.82) is 0 Å². The number of allylic oxidation sites excluding steroid dienone is 2. The van der Waals surface area contributed by atoms with Gasteiger partial charge in [0.2, 0.25) is 0 Å². The van der Waals surface area contributed by atoms with Crippen LogP contribution in [0.3, 0.4) is 0 Å². The molecule has 0 aliphatic heterocycles. The lowest BCUT2D eigenvalue weighted by Crippen LogP contribution is -2.32. The van der Waals surface area contributed by atoms with E-state index < -0.39 is 23.0 Å². The van der Waals surface area contributed by atoms with E-state index in [-0.39, 0.29) is 5.69 Å². The van der Waals surface area contributed by atoms with Crippen LogP contribution < -0.4 is 11.0 Å². The zero-order valence-electron chi connectivity index (χ0n) is 14.7. The van der Waals surface area contributed by atoms with Gasteiger partial charge in [-0.1, -0.05) is 43.3 Å². The lowest BCUT2D eigenvalue weighted by Gasteiger charge is -2.23. The smallest absolute Gasteiger partial charge is 0.297 e. The second-order valence-electron chi connectivity index (χ2n) is 6.58. The SMILES string of the molecule is [C-]#[N+]c1c(C(F)(F)F)cc(-c2ccccc2)n(NC2=C[C@H](C)CCC2)c1=O. The van der Waals surface area contributed by atoms with E-state index in [0.717, 1.165) is 29.3 Å². The van der Waals surface area contributed by atoms with Crippen molar-refractivity contribution in [2.75, 3.05) is 5.43 Å². The van der Waals surface area contributed by atoms with Crippen molar-refractivity contribution < 1.29 is 13.2 Å². The van der Waals surface area contributed by atoms with Gasteiger partial charge in [-0.15, -0.1) is 0 Å². The van der Waals surface area contributed by atoms with Crippen LogP contribution >= 0.6 is 0 Å². The molecule has 0 bridgehead atoms. The van der Waals surface area contributed by atoms with Crippen LogP contribution in [0.15, 0.2) is 53.0 Å². The molecular formula is C20H18F3N3O. The van der Waals surface area contributed by atoms with Gasteiger partial charge in [0.15, 0.2) is 0 Å². The predicted octanol–water partition coefficient (Wildman–Crippen LogP) is 5.33. The van der Waals surface area contributed by atoms with E-state index in [1.165, 1.54) is 0 Å². The Balaban J connectivity index is 2.24. The van der Waals surface area contributed by atoms with Gasteiger partial charge in [-0.05, 0) is 31.2 Å². The zero-order valence-corrected chi connectivity index (χ0v) is 14.7. The fraction of sp³-hybridized carbons (Fsp3) is 0.300. The third-order valence-corrected chi connectivity index (χ3v) is 4.52. The first-order valence-corrected chi connectivity index (χ1v) is 8.59. The molecule has 0 amide bonds. The van der Waals surface area contributed by atoms with E-state index in [1.807, 2.05) is 13.0 Å². The quantitative estimate of drug-likeness (QED) is 0.739. The average molecular weight is 373 g/mol. The molecule has 1 atom stereocenters. The molecule has 27 heavy (non-hydrogen) atoms. The van der Waals surface area contributed by atoms with Crippen LogP contribution in [0.5, 0.6) is 0 Å². The Morgan fingerprint density at radius 1 is 1.26 bits per heavy atom. The number of hydrogen-bond acceptors (Lipinski definition) is 2. The highest BCUT2D eigenvalue weighted by Crippen LogP contribution is 2.37. The highest BCUT2D eigenvalue weighted by atomic mass is 19.4. The molecule has 1 heterocycles. The van der Waals surface area contributed by atoms with Gasteiger partial charge in [0.05, 0.1) is 17.8 Å². The third-order valence-electron chi connectivity index (χ3n) is 4.52. The standard InChI is InChI=1S/C20H18F3N3O/c1-13-7-6-10-15(11-13)25-26-17(14-8-4-3-5-9-14)12-16(20(21,22)23)18(24-2)19(26)27/h3-5,8-9,11-13,25H,6-7,10H2,1H3/t13-/m1/s1. The summed E-state index contributed by atoms with van der Waals surface area (Å²) in [6.45, 7) is 9.14. The summed E-state index contributed by atoms with van der Waals surface area (Å²) in [6, 6.07) is 9.22. The maximum Gasteiger partial charge on any atom is 0.407 e. The second-order valence-corrected chi connectivity index (χ2v) is 6.58. The molecule has 4 nitrogen and oxygen atoms in total. The summed E-state index contributed by atoms with van der Waals surface area (Å²) < 4.78 is 41.3. The van der Waals surface area contributed by atoms with Gasteiger partial charge >= 0.3 is 6.18 Å². The number of pyridine rings is 1. The Hall–Kier alpha value is -3.01.